The Morgan fingerprint density at radius 3 is 2.57 bits per heavy atom. The lowest BCUT2D eigenvalue weighted by atomic mass is 10.2. The van der Waals surface area contributed by atoms with Gasteiger partial charge in [0.05, 0.1) is 0 Å². The number of hydrogen-bond acceptors (Lipinski definition) is 5. The van der Waals surface area contributed by atoms with Crippen LogP contribution in [-0.2, 0) is 16.0 Å². The summed E-state index contributed by atoms with van der Waals surface area (Å²) in [4.78, 5) is 26.6. The fraction of sp³-hybridized carbons (Fsp3) is 0.333. The van der Waals surface area contributed by atoms with Gasteiger partial charge < -0.3 is 15.2 Å². The fourth-order valence-corrected chi connectivity index (χ4v) is 1.95. The van der Waals surface area contributed by atoms with E-state index in [0.29, 0.717) is 36.2 Å². The highest BCUT2D eigenvalue weighted by molar-refractivity contribution is 6.30. The number of nitrogens with one attached hydrogen (secondary N) is 2. The van der Waals surface area contributed by atoms with Crippen LogP contribution in [0.15, 0.2) is 28.8 Å². The molecule has 0 radical (unpaired) electrons. The highest BCUT2D eigenvalue weighted by Crippen LogP contribution is 2.18. The Kier molecular flexibility index (Phi) is 6.10. The molecule has 122 valence electrons. The normalized spacial score (nSPS) is 10.3. The van der Waals surface area contributed by atoms with Gasteiger partial charge in [-0.05, 0) is 24.3 Å². The lowest BCUT2D eigenvalue weighted by Gasteiger charge is -2.04. The van der Waals surface area contributed by atoms with Crippen LogP contribution in [0.1, 0.15) is 19.2 Å². The Bertz CT molecular complexity index is 670. The second kappa shape index (κ2) is 8.28. The molecule has 1 aromatic carbocycles. The van der Waals surface area contributed by atoms with Crippen LogP contribution in [0.4, 0.5) is 0 Å². The number of carbonyl (C=O) groups excluding carboxylic acids is 2. The second-order valence-corrected chi connectivity index (χ2v) is 5.29. The summed E-state index contributed by atoms with van der Waals surface area (Å²) in [5, 5.41) is 9.80. The van der Waals surface area contributed by atoms with E-state index in [1.807, 2.05) is 0 Å². The minimum absolute atomic E-state index is 0.125. The highest BCUT2D eigenvalue weighted by Gasteiger charge is 2.10. The van der Waals surface area contributed by atoms with Crippen LogP contribution in [0.2, 0.25) is 5.02 Å². The molecule has 0 aliphatic carbocycles. The molecule has 0 atom stereocenters. The topological polar surface area (TPSA) is 97.1 Å². The summed E-state index contributed by atoms with van der Waals surface area (Å²) in [6, 6.07) is 7.09. The zero-order valence-electron chi connectivity index (χ0n) is 12.6. The van der Waals surface area contributed by atoms with Crippen LogP contribution < -0.4 is 10.6 Å². The van der Waals surface area contributed by atoms with E-state index in [2.05, 4.69) is 20.8 Å². The Balaban J connectivity index is 1.77. The van der Waals surface area contributed by atoms with E-state index >= 15 is 0 Å². The smallest absolute Gasteiger partial charge is 0.227 e. The molecular weight excluding hydrogens is 320 g/mol. The predicted octanol–water partition coefficient (Wildman–Crippen LogP) is 1.57. The molecule has 0 spiro atoms. The molecule has 0 fully saturated rings. The van der Waals surface area contributed by atoms with Crippen molar-refractivity contribution in [1.82, 2.24) is 20.8 Å². The van der Waals surface area contributed by atoms with Crippen LogP contribution >= 0.6 is 11.6 Å². The third-order valence-electron chi connectivity index (χ3n) is 2.96. The second-order valence-electron chi connectivity index (χ2n) is 4.85. The van der Waals surface area contributed by atoms with Crippen molar-refractivity contribution in [2.75, 3.05) is 13.1 Å². The van der Waals surface area contributed by atoms with Crippen molar-refractivity contribution >= 4 is 23.4 Å². The molecule has 0 saturated carbocycles. The molecule has 0 aliphatic heterocycles. The van der Waals surface area contributed by atoms with Crippen molar-refractivity contribution < 1.29 is 14.1 Å². The largest absolute Gasteiger partial charge is 0.355 e. The molecule has 8 heteroatoms. The minimum Gasteiger partial charge on any atom is -0.355 e. The number of amides is 2. The lowest BCUT2D eigenvalue weighted by molar-refractivity contribution is -0.122. The molecular formula is C15H17ClN4O3. The molecule has 0 saturated heterocycles. The minimum atomic E-state index is -0.137. The molecule has 1 heterocycles. The maximum Gasteiger partial charge on any atom is 0.227 e. The molecule has 2 amide bonds. The average Bonchev–Trinajstić information content (AvgIpc) is 2.99. The number of aryl methyl sites for hydroxylation is 1. The molecule has 0 bridgehead atoms. The first-order chi connectivity index (χ1) is 11.0. The molecule has 0 unspecified atom stereocenters. The fourth-order valence-electron chi connectivity index (χ4n) is 1.82. The third kappa shape index (κ3) is 5.71. The van der Waals surface area contributed by atoms with Gasteiger partial charge in [-0.15, -0.1) is 0 Å². The van der Waals surface area contributed by atoms with Crippen LogP contribution in [-0.4, -0.2) is 35.0 Å². The Morgan fingerprint density at radius 1 is 1.17 bits per heavy atom. The summed E-state index contributed by atoms with van der Waals surface area (Å²) in [7, 11) is 0. The van der Waals surface area contributed by atoms with Gasteiger partial charge in [0.2, 0.25) is 23.5 Å². The van der Waals surface area contributed by atoms with Gasteiger partial charge in [-0.3, -0.25) is 9.59 Å². The van der Waals surface area contributed by atoms with Crippen molar-refractivity contribution in [1.29, 1.82) is 0 Å². The highest BCUT2D eigenvalue weighted by atomic mass is 35.5. The number of hydrogen-bond donors (Lipinski definition) is 2. The standard InChI is InChI=1S/C15H17ClN4O3/c1-10(21)17-8-9-18-13(22)6-7-14-19-15(20-23-14)11-2-4-12(16)5-3-11/h2-5H,6-9H2,1H3,(H,17,21)(H,18,22). The van der Waals surface area contributed by atoms with E-state index in [1.54, 1.807) is 24.3 Å². The van der Waals surface area contributed by atoms with E-state index in [0.717, 1.165) is 5.56 Å². The zero-order chi connectivity index (χ0) is 16.7. The van der Waals surface area contributed by atoms with Crippen molar-refractivity contribution in [2.45, 2.75) is 19.8 Å². The number of carbonyl (C=O) groups is 2. The Morgan fingerprint density at radius 2 is 1.87 bits per heavy atom. The van der Waals surface area contributed by atoms with E-state index in [4.69, 9.17) is 16.1 Å². The van der Waals surface area contributed by atoms with Gasteiger partial charge in [-0.2, -0.15) is 4.98 Å². The summed E-state index contributed by atoms with van der Waals surface area (Å²) >= 11 is 5.83. The summed E-state index contributed by atoms with van der Waals surface area (Å²) in [5.74, 6) is 0.594. The first kappa shape index (κ1) is 17.0. The number of aromatic nitrogens is 2. The van der Waals surface area contributed by atoms with Gasteiger partial charge in [-0.25, -0.2) is 0 Å². The monoisotopic (exact) mass is 336 g/mol. The number of halogens is 1. The van der Waals surface area contributed by atoms with Crippen molar-refractivity contribution in [3.8, 4) is 11.4 Å². The summed E-state index contributed by atoms with van der Waals surface area (Å²) in [5.41, 5.74) is 0.796. The summed E-state index contributed by atoms with van der Waals surface area (Å²) < 4.78 is 5.13. The van der Waals surface area contributed by atoms with Gasteiger partial charge in [0.25, 0.3) is 0 Å². The summed E-state index contributed by atoms with van der Waals surface area (Å²) in [6.45, 7) is 2.22. The van der Waals surface area contributed by atoms with Crippen LogP contribution in [0.5, 0.6) is 0 Å². The Hall–Kier alpha value is -2.41. The summed E-state index contributed by atoms with van der Waals surface area (Å²) in [6.07, 6.45) is 0.592. The first-order valence-electron chi connectivity index (χ1n) is 7.14. The maximum atomic E-state index is 11.6. The van der Waals surface area contributed by atoms with Crippen LogP contribution in [0, 0.1) is 0 Å². The number of rotatable bonds is 7. The lowest BCUT2D eigenvalue weighted by Crippen LogP contribution is -2.33. The molecule has 2 rings (SSSR count). The van der Waals surface area contributed by atoms with Crippen LogP contribution in [0.3, 0.4) is 0 Å². The molecule has 2 N–H and O–H groups in total. The van der Waals surface area contributed by atoms with E-state index < -0.39 is 0 Å². The number of nitrogens with zero attached hydrogens (tertiary/aromatic N) is 2. The number of benzene rings is 1. The molecule has 23 heavy (non-hydrogen) atoms. The van der Waals surface area contributed by atoms with Gasteiger partial charge >= 0.3 is 0 Å². The third-order valence-corrected chi connectivity index (χ3v) is 3.21. The van der Waals surface area contributed by atoms with Crippen molar-refractivity contribution in [3.63, 3.8) is 0 Å². The van der Waals surface area contributed by atoms with E-state index in [1.165, 1.54) is 6.92 Å². The average molecular weight is 337 g/mol. The maximum absolute atomic E-state index is 11.6. The van der Waals surface area contributed by atoms with Crippen molar-refractivity contribution in [3.05, 3.63) is 35.2 Å². The molecule has 0 aliphatic rings. The van der Waals surface area contributed by atoms with Crippen LogP contribution in [0.25, 0.3) is 11.4 Å². The quantitative estimate of drug-likeness (QED) is 0.748. The molecule has 2 aromatic rings. The molecule has 1 aromatic heterocycles. The Labute approximate surface area is 138 Å². The first-order valence-corrected chi connectivity index (χ1v) is 7.52. The zero-order valence-corrected chi connectivity index (χ0v) is 13.4. The van der Waals surface area contributed by atoms with Crippen molar-refractivity contribution in [2.24, 2.45) is 0 Å². The molecule has 7 nitrogen and oxygen atoms in total. The van der Waals surface area contributed by atoms with E-state index in [-0.39, 0.29) is 18.2 Å². The van der Waals surface area contributed by atoms with Gasteiger partial charge in [0, 0.05) is 43.4 Å². The van der Waals surface area contributed by atoms with Gasteiger partial charge in [0.15, 0.2) is 0 Å². The van der Waals surface area contributed by atoms with Gasteiger partial charge in [0.1, 0.15) is 0 Å². The predicted molar refractivity (Wildman–Crippen MR) is 84.8 cm³/mol. The van der Waals surface area contributed by atoms with E-state index in [9.17, 15) is 9.59 Å². The SMILES string of the molecule is CC(=O)NCCNC(=O)CCc1nc(-c2ccc(Cl)cc2)no1. The van der Waals surface area contributed by atoms with Gasteiger partial charge in [-0.1, -0.05) is 16.8 Å².